The van der Waals surface area contributed by atoms with E-state index in [1.165, 1.54) is 77.9 Å². The molecular formula is C45H42. The molecule has 0 atom stereocenters. The molecule has 6 aromatic rings. The van der Waals surface area contributed by atoms with Crippen molar-refractivity contribution in [2.24, 2.45) is 0 Å². The molecule has 0 saturated heterocycles. The van der Waals surface area contributed by atoms with Crippen LogP contribution in [0.3, 0.4) is 0 Å². The van der Waals surface area contributed by atoms with Crippen molar-refractivity contribution >= 4 is 0 Å². The van der Waals surface area contributed by atoms with Gasteiger partial charge in [-0.15, -0.1) is 0 Å². The van der Waals surface area contributed by atoms with Crippen LogP contribution in [0.1, 0.15) is 61.8 Å². The van der Waals surface area contributed by atoms with Gasteiger partial charge in [0, 0.05) is 5.41 Å². The van der Waals surface area contributed by atoms with Gasteiger partial charge in [-0.05, 0) is 106 Å². The van der Waals surface area contributed by atoms with Crippen molar-refractivity contribution in [1.29, 1.82) is 0 Å². The van der Waals surface area contributed by atoms with E-state index in [4.69, 9.17) is 0 Å². The topological polar surface area (TPSA) is 0 Å². The van der Waals surface area contributed by atoms with E-state index in [9.17, 15) is 0 Å². The van der Waals surface area contributed by atoms with Crippen LogP contribution in [0.2, 0.25) is 0 Å². The third-order valence-electron chi connectivity index (χ3n) is 9.85. The number of fused-ring (bicyclic) bond motifs is 3. The maximum atomic E-state index is 2.51. The molecular weight excluding hydrogens is 540 g/mol. The van der Waals surface area contributed by atoms with E-state index in [0.717, 1.165) is 25.7 Å². The van der Waals surface area contributed by atoms with Crippen LogP contribution in [0.4, 0.5) is 0 Å². The normalized spacial score (nSPS) is 13.0. The molecule has 1 aliphatic carbocycles. The van der Waals surface area contributed by atoms with Crippen LogP contribution < -0.4 is 0 Å². The lowest BCUT2D eigenvalue weighted by molar-refractivity contribution is 0.436. The van der Waals surface area contributed by atoms with Crippen LogP contribution in [-0.4, -0.2) is 0 Å². The van der Waals surface area contributed by atoms with E-state index >= 15 is 0 Å². The molecule has 7 rings (SSSR count). The predicted octanol–water partition coefficient (Wildman–Crippen LogP) is 12.8. The minimum Gasteiger partial charge on any atom is -0.0653 e. The molecule has 0 N–H and O–H groups in total. The summed E-state index contributed by atoms with van der Waals surface area (Å²) >= 11 is 0. The van der Waals surface area contributed by atoms with Gasteiger partial charge in [-0.25, -0.2) is 0 Å². The van der Waals surface area contributed by atoms with Crippen LogP contribution in [-0.2, 0) is 5.41 Å². The molecule has 222 valence electrons. The third-order valence-corrected chi connectivity index (χ3v) is 9.85. The van der Waals surface area contributed by atoms with E-state index < -0.39 is 0 Å². The first-order valence-electron chi connectivity index (χ1n) is 16.6. The zero-order valence-electron chi connectivity index (χ0n) is 27.0. The second-order valence-electron chi connectivity index (χ2n) is 13.0. The molecule has 0 bridgehead atoms. The summed E-state index contributed by atoms with van der Waals surface area (Å²) in [5, 5.41) is 0. The van der Waals surface area contributed by atoms with Gasteiger partial charge in [0.2, 0.25) is 0 Å². The van der Waals surface area contributed by atoms with Gasteiger partial charge in [-0.2, -0.15) is 0 Å². The highest BCUT2D eigenvalue weighted by molar-refractivity contribution is 5.86. The molecule has 0 nitrogen and oxygen atoms in total. The Labute approximate surface area is 269 Å². The van der Waals surface area contributed by atoms with Crippen LogP contribution >= 0.6 is 0 Å². The second kappa shape index (κ2) is 12.0. The van der Waals surface area contributed by atoms with Crippen molar-refractivity contribution in [2.45, 2.75) is 58.8 Å². The monoisotopic (exact) mass is 582 g/mol. The van der Waals surface area contributed by atoms with Gasteiger partial charge in [-0.1, -0.05) is 159 Å². The van der Waals surface area contributed by atoms with Crippen LogP contribution in [0.5, 0.6) is 0 Å². The van der Waals surface area contributed by atoms with E-state index in [1.807, 2.05) is 0 Å². The molecule has 0 unspecified atom stereocenters. The molecule has 0 aliphatic heterocycles. The molecule has 0 spiro atoms. The van der Waals surface area contributed by atoms with Gasteiger partial charge in [0.1, 0.15) is 0 Å². The molecule has 0 heterocycles. The lowest BCUT2D eigenvalue weighted by Gasteiger charge is -2.32. The summed E-state index contributed by atoms with van der Waals surface area (Å²) in [5.74, 6) is 0. The summed E-state index contributed by atoms with van der Waals surface area (Å²) in [6, 6.07) is 50.2. The Kier molecular flexibility index (Phi) is 7.76. The van der Waals surface area contributed by atoms with Gasteiger partial charge in [0.25, 0.3) is 0 Å². The first-order chi connectivity index (χ1) is 22.0. The van der Waals surface area contributed by atoms with E-state index in [1.54, 1.807) is 0 Å². The zero-order chi connectivity index (χ0) is 31.0. The van der Waals surface area contributed by atoms with Crippen molar-refractivity contribution in [1.82, 2.24) is 0 Å². The maximum Gasteiger partial charge on any atom is 0.0215 e. The van der Waals surface area contributed by atoms with Gasteiger partial charge < -0.3 is 0 Å². The molecule has 1 aliphatic rings. The highest BCUT2D eigenvalue weighted by Gasteiger charge is 2.42. The summed E-state index contributed by atoms with van der Waals surface area (Å²) in [6.07, 6.45) is 4.63. The summed E-state index contributed by atoms with van der Waals surface area (Å²) in [5.41, 5.74) is 18.7. The van der Waals surface area contributed by atoms with Gasteiger partial charge >= 0.3 is 0 Å². The minimum atomic E-state index is 0.0310. The van der Waals surface area contributed by atoms with Crippen LogP contribution in [0, 0.1) is 13.8 Å². The van der Waals surface area contributed by atoms with Crippen LogP contribution in [0.15, 0.2) is 133 Å². The Morgan fingerprint density at radius 3 is 1.04 bits per heavy atom. The molecule has 0 radical (unpaired) electrons. The van der Waals surface area contributed by atoms with Crippen molar-refractivity contribution in [3.8, 4) is 55.6 Å². The quantitative estimate of drug-likeness (QED) is 0.167. The Morgan fingerprint density at radius 1 is 0.378 bits per heavy atom. The molecule has 0 heteroatoms. The number of aryl methyl sites for hydroxylation is 2. The fraction of sp³-hybridized carbons (Fsp3) is 0.200. The summed E-state index contributed by atoms with van der Waals surface area (Å²) < 4.78 is 0. The van der Waals surface area contributed by atoms with E-state index in [2.05, 4.69) is 161 Å². The average Bonchev–Trinajstić information content (AvgIpc) is 3.33. The second-order valence-corrected chi connectivity index (χ2v) is 13.0. The first-order valence-corrected chi connectivity index (χ1v) is 16.6. The van der Waals surface area contributed by atoms with Crippen molar-refractivity contribution in [3.05, 3.63) is 156 Å². The van der Waals surface area contributed by atoms with Crippen LogP contribution in [0.25, 0.3) is 55.6 Å². The smallest absolute Gasteiger partial charge is 0.0215 e. The molecule has 45 heavy (non-hydrogen) atoms. The van der Waals surface area contributed by atoms with Gasteiger partial charge in [0.15, 0.2) is 0 Å². The zero-order valence-corrected chi connectivity index (χ0v) is 27.0. The molecule has 0 amide bonds. The molecule has 0 saturated carbocycles. The van der Waals surface area contributed by atoms with Crippen molar-refractivity contribution in [3.63, 3.8) is 0 Å². The Balaban J connectivity index is 1.26. The Bertz CT molecular complexity index is 1820. The Hall–Kier alpha value is -4.68. The first kappa shape index (κ1) is 29.1. The molecule has 0 fully saturated rings. The largest absolute Gasteiger partial charge is 0.0653 e. The standard InChI is InChI=1S/C45H42/c1-5-25-45(26-6-2)43-29-39(35-17-13-33(14-18-35)37-11-7-9-31(3)27-37)21-23-41(43)42-24-22-40(30-44(42)45)36-19-15-34(16-20-36)38-12-8-10-32(4)28-38/h7-24,27-30H,5-6,25-26H2,1-4H3. The summed E-state index contributed by atoms with van der Waals surface area (Å²) in [6.45, 7) is 9.00. The van der Waals surface area contributed by atoms with E-state index in [0.29, 0.717) is 0 Å². The number of hydrogen-bond acceptors (Lipinski definition) is 0. The maximum absolute atomic E-state index is 2.51. The summed E-state index contributed by atoms with van der Waals surface area (Å²) in [4.78, 5) is 0. The fourth-order valence-corrected chi connectivity index (χ4v) is 7.73. The number of rotatable bonds is 8. The SMILES string of the molecule is CCCC1(CCC)c2cc(-c3ccc(-c4cccc(C)c4)cc3)ccc2-c2ccc(-c3ccc(-c4cccc(C)c4)cc3)cc21. The van der Waals surface area contributed by atoms with E-state index in [-0.39, 0.29) is 5.41 Å². The van der Waals surface area contributed by atoms with Gasteiger partial charge in [0.05, 0.1) is 0 Å². The number of benzene rings is 6. The third kappa shape index (κ3) is 5.33. The molecule has 6 aromatic carbocycles. The van der Waals surface area contributed by atoms with Crippen molar-refractivity contribution in [2.75, 3.05) is 0 Å². The fourth-order valence-electron chi connectivity index (χ4n) is 7.73. The average molecular weight is 583 g/mol. The van der Waals surface area contributed by atoms with Gasteiger partial charge in [-0.3, -0.25) is 0 Å². The minimum absolute atomic E-state index is 0.0310. The molecule has 0 aromatic heterocycles. The highest BCUT2D eigenvalue weighted by atomic mass is 14.4. The summed E-state index contributed by atoms with van der Waals surface area (Å²) in [7, 11) is 0. The van der Waals surface area contributed by atoms with Crippen molar-refractivity contribution < 1.29 is 0 Å². The Morgan fingerprint density at radius 2 is 0.711 bits per heavy atom. The number of hydrogen-bond donors (Lipinski definition) is 0. The predicted molar refractivity (Wildman–Crippen MR) is 194 cm³/mol. The lowest BCUT2D eigenvalue weighted by Crippen LogP contribution is -2.25. The lowest BCUT2D eigenvalue weighted by atomic mass is 9.71. The highest BCUT2D eigenvalue weighted by Crippen LogP contribution is 2.55.